The van der Waals surface area contributed by atoms with Gasteiger partial charge in [-0.05, 0) is 6.42 Å². The number of hydrogen-bond acceptors (Lipinski definition) is 2. The van der Waals surface area contributed by atoms with Gasteiger partial charge in [0.25, 0.3) is 10.1 Å². The first-order valence-electron chi connectivity index (χ1n) is 4.51. The molecule has 0 saturated carbocycles. The van der Waals surface area contributed by atoms with Crippen LogP contribution in [-0.2, 0) is 10.1 Å². The van der Waals surface area contributed by atoms with Crippen LogP contribution in [0.15, 0.2) is 36.4 Å². The third-order valence-electron chi connectivity index (χ3n) is 1.42. The third kappa shape index (κ3) is 11.1. The van der Waals surface area contributed by atoms with Gasteiger partial charge in [-0.3, -0.25) is 4.55 Å². The molecule has 0 radical (unpaired) electrons. The molecule has 3 nitrogen and oxygen atoms in total. The van der Waals surface area contributed by atoms with E-state index in [2.05, 4.69) is 0 Å². The molecule has 14 heavy (non-hydrogen) atoms. The molecule has 0 fully saturated rings. The minimum absolute atomic E-state index is 0.108. The maximum absolute atomic E-state index is 9.95. The summed E-state index contributed by atoms with van der Waals surface area (Å²) in [6.07, 6.45) is 1.33. The topological polar surface area (TPSA) is 54.4 Å². The van der Waals surface area contributed by atoms with Crippen LogP contribution < -0.4 is 0 Å². The van der Waals surface area contributed by atoms with Gasteiger partial charge in [-0.15, -0.1) is 0 Å². The molecular formula is C10H16O3S. The molecule has 0 heterocycles. The van der Waals surface area contributed by atoms with Crippen molar-refractivity contribution < 1.29 is 13.0 Å². The lowest BCUT2D eigenvalue weighted by atomic mass is 10.4. The van der Waals surface area contributed by atoms with E-state index in [1.165, 1.54) is 0 Å². The minimum atomic E-state index is -3.69. The molecule has 80 valence electrons. The molecule has 0 unspecified atom stereocenters. The van der Waals surface area contributed by atoms with Crippen LogP contribution in [0.3, 0.4) is 0 Å². The molecule has 1 aromatic carbocycles. The maximum Gasteiger partial charge on any atom is 0.264 e. The Morgan fingerprint density at radius 3 is 1.50 bits per heavy atom. The van der Waals surface area contributed by atoms with Crippen molar-refractivity contribution in [2.75, 3.05) is 5.75 Å². The van der Waals surface area contributed by atoms with Gasteiger partial charge < -0.3 is 0 Å². The number of unbranched alkanes of at least 4 members (excludes halogenated alkanes) is 1. The van der Waals surface area contributed by atoms with Crippen LogP contribution in [-0.4, -0.2) is 18.7 Å². The molecule has 4 heteroatoms. The first kappa shape index (κ1) is 13.1. The third-order valence-corrected chi connectivity index (χ3v) is 2.23. The largest absolute Gasteiger partial charge is 0.286 e. The van der Waals surface area contributed by atoms with E-state index in [4.69, 9.17) is 4.55 Å². The molecular weight excluding hydrogens is 200 g/mol. The van der Waals surface area contributed by atoms with E-state index < -0.39 is 10.1 Å². The second kappa shape index (κ2) is 7.53. The summed E-state index contributed by atoms with van der Waals surface area (Å²) in [4.78, 5) is 0. The maximum atomic E-state index is 9.95. The summed E-state index contributed by atoms with van der Waals surface area (Å²) < 4.78 is 28.0. The Balaban J connectivity index is 0.000000249. The SMILES string of the molecule is CCCCS(=O)(=O)O.c1ccccc1. The van der Waals surface area contributed by atoms with E-state index >= 15 is 0 Å². The lowest BCUT2D eigenvalue weighted by Crippen LogP contribution is -2.02. The average Bonchev–Trinajstić information content (AvgIpc) is 2.17. The van der Waals surface area contributed by atoms with Gasteiger partial charge in [0, 0.05) is 0 Å². The normalized spacial score (nSPS) is 10.1. The van der Waals surface area contributed by atoms with Crippen molar-refractivity contribution in [3.8, 4) is 0 Å². The molecule has 0 bridgehead atoms. The van der Waals surface area contributed by atoms with Crippen molar-refractivity contribution in [2.24, 2.45) is 0 Å². The molecule has 0 aliphatic heterocycles. The van der Waals surface area contributed by atoms with E-state index in [0.29, 0.717) is 6.42 Å². The van der Waals surface area contributed by atoms with Gasteiger partial charge in [0.15, 0.2) is 0 Å². The van der Waals surface area contributed by atoms with Crippen molar-refractivity contribution in [3.05, 3.63) is 36.4 Å². The highest BCUT2D eigenvalue weighted by molar-refractivity contribution is 7.85. The fourth-order valence-electron chi connectivity index (χ4n) is 0.712. The Morgan fingerprint density at radius 1 is 1.00 bits per heavy atom. The van der Waals surface area contributed by atoms with Crippen LogP contribution in [0.25, 0.3) is 0 Å². The highest BCUT2D eigenvalue weighted by Crippen LogP contribution is 1.90. The van der Waals surface area contributed by atoms with Gasteiger partial charge in [-0.1, -0.05) is 49.7 Å². The molecule has 0 spiro atoms. The van der Waals surface area contributed by atoms with Gasteiger partial charge in [0.2, 0.25) is 0 Å². The first-order valence-corrected chi connectivity index (χ1v) is 6.12. The van der Waals surface area contributed by atoms with E-state index in [-0.39, 0.29) is 5.75 Å². The van der Waals surface area contributed by atoms with Crippen molar-refractivity contribution in [2.45, 2.75) is 19.8 Å². The lowest BCUT2D eigenvalue weighted by Gasteiger charge is -1.90. The summed E-state index contributed by atoms with van der Waals surface area (Å²) in [6.45, 7) is 1.87. The number of benzene rings is 1. The van der Waals surface area contributed by atoms with Crippen LogP contribution in [0.4, 0.5) is 0 Å². The number of rotatable bonds is 3. The monoisotopic (exact) mass is 216 g/mol. The molecule has 0 aliphatic rings. The Labute approximate surface area is 85.5 Å². The van der Waals surface area contributed by atoms with Gasteiger partial charge in [-0.25, -0.2) is 0 Å². The summed E-state index contributed by atoms with van der Waals surface area (Å²) >= 11 is 0. The number of hydrogen-bond donors (Lipinski definition) is 1. The predicted molar refractivity (Wildman–Crippen MR) is 57.8 cm³/mol. The zero-order valence-electron chi connectivity index (χ0n) is 8.26. The highest BCUT2D eigenvalue weighted by atomic mass is 32.2. The molecule has 0 saturated heterocycles. The van der Waals surface area contributed by atoms with Gasteiger partial charge in [-0.2, -0.15) is 8.42 Å². The van der Waals surface area contributed by atoms with Gasteiger partial charge in [0.1, 0.15) is 0 Å². The van der Waals surface area contributed by atoms with Crippen LogP contribution >= 0.6 is 0 Å². The fraction of sp³-hybridized carbons (Fsp3) is 0.400. The Bertz CT molecular complexity index is 279. The minimum Gasteiger partial charge on any atom is -0.286 e. The summed E-state index contributed by atoms with van der Waals surface area (Å²) in [5.74, 6) is -0.108. The van der Waals surface area contributed by atoms with Crippen molar-refractivity contribution in [3.63, 3.8) is 0 Å². The average molecular weight is 216 g/mol. The molecule has 0 atom stereocenters. The Hall–Kier alpha value is -0.870. The standard InChI is InChI=1S/C6H6.C4H10O3S/c1-2-4-6-5-3-1;1-2-3-4-8(5,6)7/h1-6H;2-4H2,1H3,(H,5,6,7). The summed E-state index contributed by atoms with van der Waals surface area (Å²) in [7, 11) is -3.69. The predicted octanol–water partition coefficient (Wildman–Crippen LogP) is 2.36. The van der Waals surface area contributed by atoms with E-state index in [1.807, 2.05) is 43.3 Å². The first-order chi connectivity index (χ1) is 6.56. The second-order valence-electron chi connectivity index (χ2n) is 2.79. The van der Waals surface area contributed by atoms with E-state index in [0.717, 1.165) is 6.42 Å². The van der Waals surface area contributed by atoms with E-state index in [9.17, 15) is 8.42 Å². The zero-order chi connectivity index (χ0) is 10.9. The molecule has 1 aromatic rings. The smallest absolute Gasteiger partial charge is 0.264 e. The second-order valence-corrected chi connectivity index (χ2v) is 4.37. The summed E-state index contributed by atoms with van der Waals surface area (Å²) in [5, 5.41) is 0. The molecule has 1 N–H and O–H groups in total. The fourth-order valence-corrected chi connectivity index (χ4v) is 1.37. The molecule has 1 rings (SSSR count). The summed E-state index contributed by atoms with van der Waals surface area (Å²) in [5.41, 5.74) is 0. The van der Waals surface area contributed by atoms with Crippen LogP contribution in [0.1, 0.15) is 19.8 Å². The van der Waals surface area contributed by atoms with Gasteiger partial charge in [0.05, 0.1) is 5.75 Å². The van der Waals surface area contributed by atoms with Gasteiger partial charge >= 0.3 is 0 Å². The van der Waals surface area contributed by atoms with Crippen molar-refractivity contribution >= 4 is 10.1 Å². The zero-order valence-corrected chi connectivity index (χ0v) is 9.07. The van der Waals surface area contributed by atoms with E-state index in [1.54, 1.807) is 0 Å². The Morgan fingerprint density at radius 2 is 1.36 bits per heavy atom. The molecule has 0 aliphatic carbocycles. The quantitative estimate of drug-likeness (QED) is 0.789. The highest BCUT2D eigenvalue weighted by Gasteiger charge is 2.00. The lowest BCUT2D eigenvalue weighted by molar-refractivity contribution is 0.480. The molecule has 0 aromatic heterocycles. The van der Waals surface area contributed by atoms with Crippen LogP contribution in [0.2, 0.25) is 0 Å². The molecule has 0 amide bonds. The van der Waals surface area contributed by atoms with Crippen molar-refractivity contribution in [1.82, 2.24) is 0 Å². The Kier molecular flexibility index (Phi) is 7.06. The summed E-state index contributed by atoms with van der Waals surface area (Å²) in [6, 6.07) is 12.0. The van der Waals surface area contributed by atoms with Crippen LogP contribution in [0.5, 0.6) is 0 Å². The van der Waals surface area contributed by atoms with Crippen LogP contribution in [0, 0.1) is 0 Å². The van der Waals surface area contributed by atoms with Crippen molar-refractivity contribution in [1.29, 1.82) is 0 Å².